The summed E-state index contributed by atoms with van der Waals surface area (Å²) in [6.45, 7) is 0.204. The van der Waals surface area contributed by atoms with E-state index in [0.717, 1.165) is 36.3 Å². The number of carbonyl (C=O) groups is 1. The molecule has 0 radical (unpaired) electrons. The molecular weight excluding hydrogens is 270 g/mol. The lowest BCUT2D eigenvalue weighted by molar-refractivity contribution is 0.102. The summed E-state index contributed by atoms with van der Waals surface area (Å²) in [5, 5.41) is 7.42. The van der Waals surface area contributed by atoms with Crippen LogP contribution in [0, 0.1) is 0 Å². The standard InChI is InChI=1S/C15H15N3O3/c1-18-14(10-3-2-4-11(10)17-18)16-15(19)9-5-6-12-13(7-9)21-8-20-12/h5-7H,2-4,8H2,1H3,(H,16,19). The highest BCUT2D eigenvalue weighted by Crippen LogP contribution is 2.33. The third kappa shape index (κ3) is 1.94. The van der Waals surface area contributed by atoms with Crippen molar-refractivity contribution in [1.29, 1.82) is 0 Å². The molecule has 1 N–H and O–H groups in total. The van der Waals surface area contributed by atoms with Crippen LogP contribution in [0.2, 0.25) is 0 Å². The topological polar surface area (TPSA) is 65.4 Å². The van der Waals surface area contributed by atoms with Crippen molar-refractivity contribution in [2.75, 3.05) is 12.1 Å². The van der Waals surface area contributed by atoms with Crippen LogP contribution in [-0.2, 0) is 19.9 Å². The zero-order chi connectivity index (χ0) is 14.4. The Bertz CT molecular complexity index is 736. The van der Waals surface area contributed by atoms with Gasteiger partial charge in [-0.2, -0.15) is 5.10 Å². The maximum atomic E-state index is 12.4. The van der Waals surface area contributed by atoms with E-state index >= 15 is 0 Å². The fraction of sp³-hybridized carbons (Fsp3) is 0.333. The molecule has 0 atom stereocenters. The average molecular weight is 285 g/mol. The van der Waals surface area contributed by atoms with Gasteiger partial charge in [0.25, 0.3) is 5.91 Å². The first-order chi connectivity index (χ1) is 10.2. The van der Waals surface area contributed by atoms with Gasteiger partial charge < -0.3 is 14.8 Å². The second-order valence-corrected chi connectivity index (χ2v) is 5.27. The highest BCUT2D eigenvalue weighted by Gasteiger charge is 2.23. The van der Waals surface area contributed by atoms with E-state index in [-0.39, 0.29) is 12.7 Å². The number of hydrogen-bond acceptors (Lipinski definition) is 4. The average Bonchev–Trinajstić information content (AvgIpc) is 3.16. The molecule has 0 bridgehead atoms. The number of nitrogens with zero attached hydrogens (tertiary/aromatic N) is 2. The molecule has 108 valence electrons. The number of nitrogens with one attached hydrogen (secondary N) is 1. The number of aromatic nitrogens is 2. The number of carbonyl (C=O) groups excluding carboxylic acids is 1. The Labute approximate surface area is 121 Å². The summed E-state index contributed by atoms with van der Waals surface area (Å²) in [4.78, 5) is 12.4. The van der Waals surface area contributed by atoms with Crippen molar-refractivity contribution in [3.8, 4) is 11.5 Å². The van der Waals surface area contributed by atoms with Gasteiger partial charge in [0.2, 0.25) is 6.79 Å². The molecule has 0 fully saturated rings. The molecule has 4 rings (SSSR count). The van der Waals surface area contributed by atoms with E-state index in [9.17, 15) is 4.79 Å². The van der Waals surface area contributed by atoms with Gasteiger partial charge in [-0.25, -0.2) is 0 Å². The van der Waals surface area contributed by atoms with Gasteiger partial charge in [0, 0.05) is 18.2 Å². The van der Waals surface area contributed by atoms with Gasteiger partial charge in [-0.15, -0.1) is 0 Å². The quantitative estimate of drug-likeness (QED) is 0.915. The van der Waals surface area contributed by atoms with Gasteiger partial charge in [0.05, 0.1) is 5.69 Å². The molecule has 0 saturated carbocycles. The highest BCUT2D eigenvalue weighted by molar-refractivity contribution is 6.04. The van der Waals surface area contributed by atoms with Crippen LogP contribution in [-0.4, -0.2) is 22.5 Å². The minimum absolute atomic E-state index is 0.161. The number of anilines is 1. The van der Waals surface area contributed by atoms with Crippen LogP contribution in [0.4, 0.5) is 5.82 Å². The Morgan fingerprint density at radius 2 is 2.14 bits per heavy atom. The molecule has 6 nitrogen and oxygen atoms in total. The van der Waals surface area contributed by atoms with Crippen molar-refractivity contribution in [2.24, 2.45) is 7.05 Å². The number of benzene rings is 1. The molecule has 2 heterocycles. The molecule has 2 aromatic rings. The number of amides is 1. The SMILES string of the molecule is Cn1nc2c(c1NC(=O)c1ccc3c(c1)OCO3)CCC2. The van der Waals surface area contributed by atoms with Gasteiger partial charge in [-0.05, 0) is 37.5 Å². The monoisotopic (exact) mass is 285 g/mol. The molecular formula is C15H15N3O3. The molecule has 0 unspecified atom stereocenters. The summed E-state index contributed by atoms with van der Waals surface area (Å²) in [6, 6.07) is 5.19. The van der Waals surface area contributed by atoms with Crippen LogP contribution in [0.15, 0.2) is 18.2 Å². The summed E-state index contributed by atoms with van der Waals surface area (Å²) < 4.78 is 12.3. The zero-order valence-electron chi connectivity index (χ0n) is 11.7. The fourth-order valence-corrected chi connectivity index (χ4v) is 2.89. The number of aryl methyl sites for hydroxylation is 2. The van der Waals surface area contributed by atoms with Crippen LogP contribution in [0.3, 0.4) is 0 Å². The summed E-state index contributed by atoms with van der Waals surface area (Å²) >= 11 is 0. The van der Waals surface area contributed by atoms with Crippen LogP contribution in [0.5, 0.6) is 11.5 Å². The van der Waals surface area contributed by atoms with Gasteiger partial charge in [0.1, 0.15) is 5.82 Å². The summed E-state index contributed by atoms with van der Waals surface area (Å²) in [5.74, 6) is 1.92. The largest absolute Gasteiger partial charge is 0.454 e. The Balaban J connectivity index is 1.61. The van der Waals surface area contributed by atoms with E-state index in [0.29, 0.717) is 17.1 Å². The molecule has 0 spiro atoms. The van der Waals surface area contributed by atoms with Gasteiger partial charge in [-0.1, -0.05) is 0 Å². The Kier molecular flexibility index (Phi) is 2.63. The highest BCUT2D eigenvalue weighted by atomic mass is 16.7. The minimum Gasteiger partial charge on any atom is -0.454 e. The number of rotatable bonds is 2. The second-order valence-electron chi connectivity index (χ2n) is 5.27. The summed E-state index contributed by atoms with van der Waals surface area (Å²) in [7, 11) is 1.85. The lowest BCUT2D eigenvalue weighted by atomic mass is 10.2. The predicted molar refractivity (Wildman–Crippen MR) is 75.8 cm³/mol. The molecule has 1 aliphatic heterocycles. The molecule has 0 saturated heterocycles. The maximum Gasteiger partial charge on any atom is 0.256 e. The van der Waals surface area contributed by atoms with Crippen molar-refractivity contribution in [2.45, 2.75) is 19.3 Å². The first-order valence-corrected chi connectivity index (χ1v) is 6.98. The Morgan fingerprint density at radius 1 is 1.29 bits per heavy atom. The molecule has 2 aliphatic rings. The van der Waals surface area contributed by atoms with E-state index in [4.69, 9.17) is 9.47 Å². The molecule has 1 aliphatic carbocycles. The molecule has 1 aromatic carbocycles. The lowest BCUT2D eigenvalue weighted by Crippen LogP contribution is -2.15. The maximum absolute atomic E-state index is 12.4. The third-order valence-electron chi connectivity index (χ3n) is 3.94. The van der Waals surface area contributed by atoms with E-state index < -0.39 is 0 Å². The predicted octanol–water partition coefficient (Wildman–Crippen LogP) is 1.89. The van der Waals surface area contributed by atoms with Crippen LogP contribution < -0.4 is 14.8 Å². The first-order valence-electron chi connectivity index (χ1n) is 6.98. The molecule has 1 aromatic heterocycles. The van der Waals surface area contributed by atoms with Gasteiger partial charge in [-0.3, -0.25) is 9.48 Å². The zero-order valence-corrected chi connectivity index (χ0v) is 11.7. The number of fused-ring (bicyclic) bond motifs is 2. The van der Waals surface area contributed by atoms with E-state index in [2.05, 4.69) is 10.4 Å². The fourth-order valence-electron chi connectivity index (χ4n) is 2.89. The van der Waals surface area contributed by atoms with E-state index in [1.807, 2.05) is 7.05 Å². The van der Waals surface area contributed by atoms with Gasteiger partial charge >= 0.3 is 0 Å². The van der Waals surface area contributed by atoms with Crippen molar-refractivity contribution in [1.82, 2.24) is 9.78 Å². The van der Waals surface area contributed by atoms with Crippen molar-refractivity contribution in [3.05, 3.63) is 35.0 Å². The Morgan fingerprint density at radius 3 is 3.05 bits per heavy atom. The van der Waals surface area contributed by atoms with Crippen molar-refractivity contribution in [3.63, 3.8) is 0 Å². The van der Waals surface area contributed by atoms with Crippen LogP contribution >= 0.6 is 0 Å². The summed E-state index contributed by atoms with van der Waals surface area (Å²) in [6.07, 6.45) is 3.06. The normalized spacial score (nSPS) is 15.1. The van der Waals surface area contributed by atoms with Crippen LogP contribution in [0.25, 0.3) is 0 Å². The van der Waals surface area contributed by atoms with E-state index in [1.165, 1.54) is 0 Å². The summed E-state index contributed by atoms with van der Waals surface area (Å²) in [5.41, 5.74) is 2.80. The second kappa shape index (κ2) is 4.51. The number of hydrogen-bond donors (Lipinski definition) is 1. The molecule has 6 heteroatoms. The first kappa shape index (κ1) is 12.3. The minimum atomic E-state index is -0.161. The third-order valence-corrected chi connectivity index (χ3v) is 3.94. The molecule has 21 heavy (non-hydrogen) atoms. The van der Waals surface area contributed by atoms with Crippen LogP contribution in [0.1, 0.15) is 28.0 Å². The Hall–Kier alpha value is -2.50. The number of ether oxygens (including phenoxy) is 2. The molecule has 1 amide bonds. The lowest BCUT2D eigenvalue weighted by Gasteiger charge is -2.08. The van der Waals surface area contributed by atoms with Crippen molar-refractivity contribution >= 4 is 11.7 Å². The smallest absolute Gasteiger partial charge is 0.256 e. The van der Waals surface area contributed by atoms with Gasteiger partial charge in [0.15, 0.2) is 11.5 Å². The van der Waals surface area contributed by atoms with Crippen molar-refractivity contribution < 1.29 is 14.3 Å². The van der Waals surface area contributed by atoms with E-state index in [1.54, 1.807) is 22.9 Å².